The van der Waals surface area contributed by atoms with Gasteiger partial charge in [-0.25, -0.2) is 0 Å². The number of rotatable bonds is 8. The molecule has 0 N–H and O–H groups in total. The van der Waals surface area contributed by atoms with Gasteiger partial charge in [0, 0.05) is 11.8 Å². The zero-order valence-electron chi connectivity index (χ0n) is 8.58. The van der Waals surface area contributed by atoms with Crippen LogP contribution in [0.4, 0.5) is 0 Å². The molecule has 0 saturated heterocycles. The quantitative estimate of drug-likeness (QED) is 0.329. The van der Waals surface area contributed by atoms with Crippen molar-refractivity contribution in [1.29, 1.82) is 0 Å². The van der Waals surface area contributed by atoms with E-state index in [1.165, 1.54) is 0 Å². The van der Waals surface area contributed by atoms with Crippen LogP contribution in [0.1, 0.15) is 0 Å². The monoisotopic (exact) mass is 340 g/mol. The predicted molar refractivity (Wildman–Crippen MR) is 60.2 cm³/mol. The van der Waals surface area contributed by atoms with E-state index in [9.17, 15) is 9.46 Å². The molecule has 0 fully saturated rings. The minimum Gasteiger partial charge on any atom is -0.756 e. The Balaban J connectivity index is 0. The van der Waals surface area contributed by atoms with Gasteiger partial charge >= 0.3 is 29.6 Å². The van der Waals surface area contributed by atoms with Gasteiger partial charge in [0.05, 0.1) is 24.0 Å². The Morgan fingerprint density at radius 2 is 1.38 bits per heavy atom. The first kappa shape index (κ1) is 20.6. The average Bonchev–Trinajstić information content (AvgIpc) is 2.22. The van der Waals surface area contributed by atoms with E-state index in [1.807, 2.05) is 0 Å². The molecule has 0 aromatic heterocycles. The second-order valence-corrected chi connectivity index (χ2v) is 5.80. The van der Waals surface area contributed by atoms with Crippen LogP contribution in [0.2, 0.25) is 0 Å². The molecule has 0 radical (unpaired) electrons. The molecule has 0 amide bonds. The van der Waals surface area contributed by atoms with Crippen LogP contribution in [0.3, 0.4) is 0 Å². The van der Waals surface area contributed by atoms with E-state index in [1.54, 1.807) is 0 Å². The van der Waals surface area contributed by atoms with Gasteiger partial charge in [0.1, 0.15) is 0 Å². The third-order valence-electron chi connectivity index (χ3n) is 1.16. The Kier molecular flexibility index (Phi) is 14.3. The topological polar surface area (TPSA) is 58.6 Å². The van der Waals surface area contributed by atoms with Gasteiger partial charge < -0.3 is 13.9 Å². The minimum absolute atomic E-state index is 0. The molecule has 0 aliphatic heterocycles. The van der Waals surface area contributed by atoms with E-state index in [-0.39, 0.29) is 54.5 Å². The molecule has 0 spiro atoms. The number of phosphoric ester groups is 1. The van der Waals surface area contributed by atoms with E-state index in [2.05, 4.69) is 9.05 Å². The Hall–Kier alpha value is 2.27. The molecule has 0 aromatic carbocycles. The summed E-state index contributed by atoms with van der Waals surface area (Å²) in [5.41, 5.74) is 0. The van der Waals surface area contributed by atoms with Gasteiger partial charge in [-0.05, 0) is 0 Å². The molecule has 92 valence electrons. The van der Waals surface area contributed by atoms with Crippen molar-refractivity contribution in [3.8, 4) is 0 Å². The van der Waals surface area contributed by atoms with Crippen molar-refractivity contribution >= 4 is 54.2 Å². The van der Waals surface area contributed by atoms with Gasteiger partial charge in [-0.3, -0.25) is 4.57 Å². The molecule has 0 aliphatic rings. The summed E-state index contributed by atoms with van der Waals surface area (Å²) in [5.74, 6) is 0.169. The average molecular weight is 342 g/mol. The summed E-state index contributed by atoms with van der Waals surface area (Å²) in [6.45, 7) is -0.473. The van der Waals surface area contributed by atoms with Gasteiger partial charge in [0.2, 0.25) is 0 Å². The second-order valence-electron chi connectivity index (χ2n) is 2.54. The normalized spacial score (nSPS) is 18.3. The summed E-state index contributed by atoms with van der Waals surface area (Å²) in [5, 5.41) is -1.17. The summed E-state index contributed by atoms with van der Waals surface area (Å²) < 4.78 is 19.9. The molecule has 4 nitrogen and oxygen atoms in total. The fourth-order valence-corrected chi connectivity index (χ4v) is 1.75. The fraction of sp³-hybridized carbons (Fsp3) is 1.00. The van der Waals surface area contributed by atoms with Crippen molar-refractivity contribution in [2.75, 3.05) is 25.0 Å². The van der Waals surface area contributed by atoms with Crippen LogP contribution in [-0.2, 0) is 13.6 Å². The van der Waals surface area contributed by atoms with Gasteiger partial charge in [-0.2, -0.15) is 0 Å². The Labute approximate surface area is 137 Å². The molecular formula is C6H10Cl4NaO4P. The Morgan fingerprint density at radius 1 is 1.06 bits per heavy atom. The van der Waals surface area contributed by atoms with E-state index in [0.29, 0.717) is 0 Å². The molecule has 0 aliphatic carbocycles. The number of hydrogen-bond acceptors (Lipinski definition) is 4. The van der Waals surface area contributed by atoms with Gasteiger partial charge in [-0.15, -0.1) is 46.4 Å². The number of halogens is 4. The summed E-state index contributed by atoms with van der Waals surface area (Å²) in [6, 6.07) is 0. The molecule has 16 heavy (non-hydrogen) atoms. The first-order valence-electron chi connectivity index (χ1n) is 3.91. The molecule has 2 unspecified atom stereocenters. The zero-order chi connectivity index (χ0) is 11.9. The van der Waals surface area contributed by atoms with Crippen LogP contribution in [0, 0.1) is 0 Å². The van der Waals surface area contributed by atoms with E-state index in [0.717, 1.165) is 0 Å². The molecule has 0 aromatic rings. The molecule has 0 rings (SSSR count). The Morgan fingerprint density at radius 3 is 1.62 bits per heavy atom. The van der Waals surface area contributed by atoms with Crippen LogP contribution >= 0.6 is 54.2 Å². The fourth-order valence-electron chi connectivity index (χ4n) is 0.471. The van der Waals surface area contributed by atoms with Crippen molar-refractivity contribution in [3.05, 3.63) is 0 Å². The van der Waals surface area contributed by atoms with Gasteiger partial charge in [0.15, 0.2) is 0 Å². The summed E-state index contributed by atoms with van der Waals surface area (Å²) in [4.78, 5) is 11.1. The zero-order valence-corrected chi connectivity index (χ0v) is 14.5. The standard InChI is InChI=1S/C6H11Cl4O4P.Na/c7-1-5(9)3-13-15(11,12)14-4-6(10)2-8;/h5-6H,1-4H2,(H,11,12);/q;+1/p-1. The summed E-state index contributed by atoms with van der Waals surface area (Å²) in [6.07, 6.45) is 0. The maximum Gasteiger partial charge on any atom is 1.00 e. The maximum absolute atomic E-state index is 11.1. The molecule has 0 bridgehead atoms. The maximum atomic E-state index is 11.1. The van der Waals surface area contributed by atoms with Crippen molar-refractivity contribution < 1.29 is 48.1 Å². The summed E-state index contributed by atoms with van der Waals surface area (Å²) in [7, 11) is -4.36. The van der Waals surface area contributed by atoms with Crippen LogP contribution in [0.15, 0.2) is 0 Å². The van der Waals surface area contributed by atoms with Crippen LogP contribution in [-0.4, -0.2) is 35.7 Å². The van der Waals surface area contributed by atoms with Crippen molar-refractivity contribution in [3.63, 3.8) is 0 Å². The molecule has 0 heterocycles. The van der Waals surface area contributed by atoms with Gasteiger partial charge in [-0.1, -0.05) is 0 Å². The smallest absolute Gasteiger partial charge is 0.756 e. The number of phosphoric acid groups is 1. The van der Waals surface area contributed by atoms with Crippen LogP contribution < -0.4 is 34.5 Å². The summed E-state index contributed by atoms with van der Waals surface area (Å²) >= 11 is 21.8. The number of hydrogen-bond donors (Lipinski definition) is 0. The second kappa shape index (κ2) is 11.1. The van der Waals surface area contributed by atoms with Crippen molar-refractivity contribution in [2.24, 2.45) is 0 Å². The molecule has 10 heteroatoms. The van der Waals surface area contributed by atoms with Crippen molar-refractivity contribution in [2.45, 2.75) is 10.8 Å². The predicted octanol–water partition coefficient (Wildman–Crippen LogP) is -0.816. The third kappa shape index (κ3) is 11.4. The molecule has 0 saturated carbocycles. The van der Waals surface area contributed by atoms with E-state index < -0.39 is 18.6 Å². The van der Waals surface area contributed by atoms with E-state index in [4.69, 9.17) is 46.4 Å². The van der Waals surface area contributed by atoms with Crippen molar-refractivity contribution in [1.82, 2.24) is 0 Å². The molecule has 2 atom stereocenters. The first-order chi connectivity index (χ1) is 6.91. The minimum atomic E-state index is -4.36. The largest absolute Gasteiger partial charge is 1.00 e. The molecular weight excluding hydrogens is 332 g/mol. The SMILES string of the molecule is O=P([O-])(OCC(Cl)CCl)OCC(Cl)CCl.[Na+]. The van der Waals surface area contributed by atoms with E-state index >= 15 is 0 Å². The van der Waals surface area contributed by atoms with Crippen LogP contribution in [0.25, 0.3) is 0 Å². The van der Waals surface area contributed by atoms with Gasteiger partial charge in [0.25, 0.3) is 7.82 Å². The first-order valence-corrected chi connectivity index (χ1v) is 7.31. The third-order valence-corrected chi connectivity index (χ3v) is 3.71. The number of alkyl halides is 4. The van der Waals surface area contributed by atoms with Crippen LogP contribution in [0.5, 0.6) is 0 Å². The Bertz CT molecular complexity index is 205.